The molecule has 3 rings (SSSR count). The van der Waals surface area contributed by atoms with Crippen LogP contribution in [-0.4, -0.2) is 6.54 Å². The fourth-order valence-electron chi connectivity index (χ4n) is 3.08. The lowest BCUT2D eigenvalue weighted by Gasteiger charge is -2.21. The van der Waals surface area contributed by atoms with Crippen molar-refractivity contribution in [3.8, 4) is 0 Å². The molecule has 3 unspecified atom stereocenters. The molecule has 1 N–H and O–H groups in total. The van der Waals surface area contributed by atoms with Gasteiger partial charge in [0.15, 0.2) is 0 Å². The van der Waals surface area contributed by atoms with Gasteiger partial charge in [0.1, 0.15) is 0 Å². The Labute approximate surface area is 134 Å². The molecule has 2 heterocycles. The van der Waals surface area contributed by atoms with Crippen LogP contribution < -0.4 is 5.32 Å². The zero-order chi connectivity index (χ0) is 13.9. The van der Waals surface area contributed by atoms with Gasteiger partial charge in [-0.3, -0.25) is 0 Å². The van der Waals surface area contributed by atoms with Crippen LogP contribution in [0.3, 0.4) is 0 Å². The van der Waals surface area contributed by atoms with E-state index in [1.165, 1.54) is 29.0 Å². The first-order valence-electron chi connectivity index (χ1n) is 7.26. The molecular weight excluding hydrogens is 306 g/mol. The van der Waals surface area contributed by atoms with Crippen LogP contribution in [0.4, 0.5) is 0 Å². The lowest BCUT2D eigenvalue weighted by atomic mass is 9.98. The third-order valence-electron chi connectivity index (χ3n) is 4.33. The average molecular weight is 326 g/mol. The van der Waals surface area contributed by atoms with Crippen LogP contribution in [0.2, 0.25) is 4.34 Å². The summed E-state index contributed by atoms with van der Waals surface area (Å²) < 4.78 is 0.873. The maximum Gasteiger partial charge on any atom is 0.0931 e. The van der Waals surface area contributed by atoms with Crippen molar-refractivity contribution in [2.75, 3.05) is 6.54 Å². The molecular formula is C16H20ClNS2. The normalized spacial score (nSPS) is 24.1. The highest BCUT2D eigenvalue weighted by molar-refractivity contribution is 7.16. The van der Waals surface area contributed by atoms with E-state index in [4.69, 9.17) is 11.6 Å². The highest BCUT2D eigenvalue weighted by Crippen LogP contribution is 2.35. The summed E-state index contributed by atoms with van der Waals surface area (Å²) in [6.45, 7) is 3.50. The van der Waals surface area contributed by atoms with Crippen molar-refractivity contribution in [3.63, 3.8) is 0 Å². The van der Waals surface area contributed by atoms with E-state index in [2.05, 4.69) is 35.8 Å². The van der Waals surface area contributed by atoms with Crippen molar-refractivity contribution >= 4 is 34.3 Å². The molecule has 1 nitrogen and oxygen atoms in total. The Morgan fingerprint density at radius 1 is 1.30 bits per heavy atom. The van der Waals surface area contributed by atoms with Crippen LogP contribution in [0.1, 0.15) is 42.0 Å². The summed E-state index contributed by atoms with van der Waals surface area (Å²) in [7, 11) is 0. The van der Waals surface area contributed by atoms with Gasteiger partial charge in [-0.25, -0.2) is 0 Å². The van der Waals surface area contributed by atoms with Crippen LogP contribution in [0.5, 0.6) is 0 Å². The molecule has 1 aliphatic carbocycles. The highest BCUT2D eigenvalue weighted by atomic mass is 35.5. The Hall–Kier alpha value is -0.350. The Morgan fingerprint density at radius 2 is 2.20 bits per heavy atom. The van der Waals surface area contributed by atoms with Gasteiger partial charge in [-0.15, -0.1) is 22.7 Å². The molecule has 0 spiro atoms. The predicted molar refractivity (Wildman–Crippen MR) is 90.0 cm³/mol. The number of hydrogen-bond acceptors (Lipinski definition) is 3. The highest BCUT2D eigenvalue weighted by Gasteiger charge is 2.25. The average Bonchev–Trinajstić information content (AvgIpc) is 3.14. The summed E-state index contributed by atoms with van der Waals surface area (Å²) in [5.74, 6) is 1.69. The second-order valence-corrected chi connectivity index (χ2v) is 8.39. The van der Waals surface area contributed by atoms with E-state index in [0.717, 1.165) is 22.7 Å². The van der Waals surface area contributed by atoms with Gasteiger partial charge in [0.2, 0.25) is 0 Å². The minimum atomic E-state index is 0.306. The zero-order valence-corrected chi connectivity index (χ0v) is 14.0. The smallest absolute Gasteiger partial charge is 0.0931 e. The number of hydrogen-bond donors (Lipinski definition) is 1. The van der Waals surface area contributed by atoms with Gasteiger partial charge >= 0.3 is 0 Å². The number of thiophene rings is 2. The molecule has 1 fully saturated rings. The molecule has 3 atom stereocenters. The minimum Gasteiger partial charge on any atom is -0.305 e. The van der Waals surface area contributed by atoms with E-state index in [-0.39, 0.29) is 0 Å². The topological polar surface area (TPSA) is 12.0 Å². The number of rotatable bonds is 5. The fraction of sp³-hybridized carbons (Fsp3) is 0.500. The van der Waals surface area contributed by atoms with Gasteiger partial charge in [0, 0.05) is 9.75 Å². The van der Waals surface area contributed by atoms with E-state index in [0.29, 0.717) is 6.04 Å². The van der Waals surface area contributed by atoms with E-state index in [9.17, 15) is 0 Å². The summed E-state index contributed by atoms with van der Waals surface area (Å²) in [4.78, 5) is 2.71. The van der Waals surface area contributed by atoms with Crippen LogP contribution in [0.15, 0.2) is 29.6 Å². The van der Waals surface area contributed by atoms with Gasteiger partial charge < -0.3 is 5.32 Å². The van der Waals surface area contributed by atoms with Gasteiger partial charge in [0.25, 0.3) is 0 Å². The second-order valence-electron chi connectivity index (χ2n) is 5.67. The molecule has 0 aromatic carbocycles. The molecule has 108 valence electrons. The summed E-state index contributed by atoms with van der Waals surface area (Å²) in [5.41, 5.74) is 0. The minimum absolute atomic E-state index is 0.306. The Balaban J connectivity index is 1.73. The third kappa shape index (κ3) is 3.28. The molecule has 1 saturated carbocycles. The van der Waals surface area contributed by atoms with Crippen LogP contribution in [0.25, 0.3) is 0 Å². The molecule has 1 aliphatic rings. The van der Waals surface area contributed by atoms with Crippen molar-refractivity contribution in [2.24, 2.45) is 11.8 Å². The lowest BCUT2D eigenvalue weighted by Crippen LogP contribution is -2.28. The van der Waals surface area contributed by atoms with Crippen LogP contribution in [0, 0.1) is 11.8 Å². The maximum absolute atomic E-state index is 6.11. The lowest BCUT2D eigenvalue weighted by molar-refractivity contribution is 0.382. The largest absolute Gasteiger partial charge is 0.305 e. The summed E-state index contributed by atoms with van der Waals surface area (Å²) in [6, 6.07) is 8.81. The molecule has 0 radical (unpaired) electrons. The Kier molecular flexibility index (Phi) is 4.82. The quantitative estimate of drug-likeness (QED) is 0.756. The molecule has 0 bridgehead atoms. The monoisotopic (exact) mass is 325 g/mol. The molecule has 2 aromatic heterocycles. The second kappa shape index (κ2) is 6.61. The summed E-state index contributed by atoms with van der Waals surface area (Å²) in [5, 5.41) is 5.94. The van der Waals surface area contributed by atoms with E-state index >= 15 is 0 Å². The van der Waals surface area contributed by atoms with Gasteiger partial charge in [-0.2, -0.15) is 0 Å². The van der Waals surface area contributed by atoms with Gasteiger partial charge in [-0.1, -0.05) is 37.4 Å². The van der Waals surface area contributed by atoms with E-state index in [1.54, 1.807) is 11.3 Å². The molecule has 0 saturated heterocycles. The van der Waals surface area contributed by atoms with E-state index in [1.807, 2.05) is 17.4 Å². The standard InChI is InChI=1S/C16H20ClNS2/c1-11-4-2-5-12(11)10-18-16(13-6-3-9-19-13)14-7-8-15(17)20-14/h3,6-9,11-12,16,18H,2,4-5,10H2,1H3. The molecule has 20 heavy (non-hydrogen) atoms. The number of halogens is 1. The molecule has 2 aromatic rings. The van der Waals surface area contributed by atoms with Crippen molar-refractivity contribution in [3.05, 3.63) is 43.7 Å². The Bertz CT molecular complexity index is 534. The van der Waals surface area contributed by atoms with Crippen LogP contribution in [-0.2, 0) is 0 Å². The molecule has 0 amide bonds. The number of nitrogens with one attached hydrogen (secondary N) is 1. The summed E-state index contributed by atoms with van der Waals surface area (Å²) >= 11 is 9.62. The first kappa shape index (κ1) is 14.6. The first-order valence-corrected chi connectivity index (χ1v) is 9.33. The van der Waals surface area contributed by atoms with Crippen molar-refractivity contribution < 1.29 is 0 Å². The summed E-state index contributed by atoms with van der Waals surface area (Å²) in [6.07, 6.45) is 4.15. The fourth-order valence-corrected chi connectivity index (χ4v) is 5.12. The van der Waals surface area contributed by atoms with Gasteiger partial charge in [-0.05, 0) is 48.4 Å². The SMILES string of the molecule is CC1CCCC1CNC(c1cccs1)c1ccc(Cl)s1. The first-order chi connectivity index (χ1) is 9.74. The molecule has 4 heteroatoms. The molecule has 0 aliphatic heterocycles. The zero-order valence-electron chi connectivity index (χ0n) is 11.6. The van der Waals surface area contributed by atoms with Gasteiger partial charge in [0.05, 0.1) is 10.4 Å². The van der Waals surface area contributed by atoms with Crippen molar-refractivity contribution in [2.45, 2.75) is 32.2 Å². The van der Waals surface area contributed by atoms with Crippen molar-refractivity contribution in [1.29, 1.82) is 0 Å². The Morgan fingerprint density at radius 3 is 2.80 bits per heavy atom. The maximum atomic E-state index is 6.11. The van der Waals surface area contributed by atoms with E-state index < -0.39 is 0 Å². The predicted octanol–water partition coefficient (Wildman–Crippen LogP) is 5.58. The van der Waals surface area contributed by atoms with Crippen LogP contribution >= 0.6 is 34.3 Å². The third-order valence-corrected chi connectivity index (χ3v) is 6.56. The van der Waals surface area contributed by atoms with Crippen molar-refractivity contribution in [1.82, 2.24) is 5.32 Å².